The Hall–Kier alpha value is -1.98. The summed E-state index contributed by atoms with van der Waals surface area (Å²) in [7, 11) is -4.55. The first-order valence-electron chi connectivity index (χ1n) is 12.8. The van der Waals surface area contributed by atoms with Gasteiger partial charge in [-0.25, -0.2) is 19.1 Å². The molecule has 5 atom stereocenters. The largest absolute Gasteiger partial charge is 0.469 e. The van der Waals surface area contributed by atoms with Crippen LogP contribution >= 0.6 is 26.0 Å². The molecule has 0 spiro atoms. The second-order valence-corrected chi connectivity index (χ2v) is 14.9. The van der Waals surface area contributed by atoms with Crippen molar-refractivity contribution in [2.24, 2.45) is 0 Å². The molecule has 2 fully saturated rings. The van der Waals surface area contributed by atoms with Gasteiger partial charge in [0, 0.05) is 11.4 Å². The fraction of sp³-hybridized carbons (Fsp3) is 0.522. The first-order valence-corrected chi connectivity index (χ1v) is 17.3. The molecule has 5 rings (SSSR count). The molecule has 0 radical (unpaired) electrons. The summed E-state index contributed by atoms with van der Waals surface area (Å²) in [5, 5.41) is 8.58. The van der Waals surface area contributed by atoms with E-state index in [1.165, 1.54) is 17.2 Å². The Morgan fingerprint density at radius 3 is 2.50 bits per heavy atom. The average molecular weight is 648 g/mol. The zero-order valence-electron chi connectivity index (χ0n) is 22.6. The predicted molar refractivity (Wildman–Crippen MR) is 146 cm³/mol. The number of phosphoric acid groups is 1. The maximum Gasteiger partial charge on any atom is 0.469 e. The number of ether oxygens (including phenoxy) is 4. The number of hydrogen-bond donors (Lipinski definition) is 4. The summed E-state index contributed by atoms with van der Waals surface area (Å²) in [6.07, 6.45) is 0.197. The number of hydrogen-bond acceptors (Lipinski definition) is 12. The Kier molecular flexibility index (Phi) is 9.40. The van der Waals surface area contributed by atoms with Crippen LogP contribution < -0.4 is 5.49 Å². The number of phosphoric ester groups is 1. The molecule has 1 unspecified atom stereocenters. The van der Waals surface area contributed by atoms with E-state index in [-0.39, 0.29) is 38.5 Å². The fourth-order valence-electron chi connectivity index (χ4n) is 4.63. The summed E-state index contributed by atoms with van der Waals surface area (Å²) < 4.78 is 60.1. The fourth-order valence-corrected chi connectivity index (χ4v) is 7.38. The highest BCUT2D eigenvalue weighted by Crippen LogP contribution is 2.59. The molecule has 0 aliphatic carbocycles. The highest BCUT2D eigenvalue weighted by atomic mass is 32.7. The molecule has 0 saturated carbocycles. The van der Waals surface area contributed by atoms with Crippen molar-refractivity contribution in [3.8, 4) is 0 Å². The standard InChI is InChI=1S/C23H31N5O11P2S/c1-23(2)38-18-16(12-36-41(32,33)42-15-6-4-3-5-7-15)37-22(19(18)39-23)28-14-25-17-20(24)27(13-26-21(17)28)8-9-34-10-11-35-40(29,30)31/h3-7,13-14,16,18-19,22,24H,8-12H2,1-2H3,(H,32,33)(H2,29,30,31)/t16-,18-,19-,22-/m1/s1. The van der Waals surface area contributed by atoms with Crippen LogP contribution in [-0.2, 0) is 43.7 Å². The van der Waals surface area contributed by atoms with Gasteiger partial charge in [-0.3, -0.25) is 19.0 Å². The first-order chi connectivity index (χ1) is 19.8. The Morgan fingerprint density at radius 2 is 1.76 bits per heavy atom. The monoisotopic (exact) mass is 647 g/mol. The highest BCUT2D eigenvalue weighted by Gasteiger charge is 2.56. The Bertz CT molecular complexity index is 1550. The van der Waals surface area contributed by atoms with Gasteiger partial charge in [0.2, 0.25) is 0 Å². The van der Waals surface area contributed by atoms with Gasteiger partial charge in [0.05, 0.1) is 39.1 Å². The summed E-state index contributed by atoms with van der Waals surface area (Å²) in [5.74, 6) is -0.943. The third-order valence-electron chi connectivity index (χ3n) is 6.33. The molecular weight excluding hydrogens is 616 g/mol. The summed E-state index contributed by atoms with van der Waals surface area (Å²) in [6.45, 7) is -0.695. The van der Waals surface area contributed by atoms with Gasteiger partial charge in [-0.1, -0.05) is 18.2 Å². The van der Waals surface area contributed by atoms with E-state index in [1.54, 1.807) is 42.7 Å². The van der Waals surface area contributed by atoms with Crippen LogP contribution in [0.25, 0.3) is 11.2 Å². The van der Waals surface area contributed by atoms with Crippen molar-refractivity contribution in [1.29, 1.82) is 5.41 Å². The van der Waals surface area contributed by atoms with E-state index in [1.807, 2.05) is 6.07 Å². The molecule has 2 aliphatic rings. The van der Waals surface area contributed by atoms with Crippen molar-refractivity contribution in [1.82, 2.24) is 19.1 Å². The molecule has 1 aromatic carbocycles. The van der Waals surface area contributed by atoms with E-state index in [4.69, 9.17) is 38.7 Å². The number of nitrogens with zero attached hydrogens (tertiary/aromatic N) is 4. The van der Waals surface area contributed by atoms with Crippen molar-refractivity contribution >= 4 is 37.2 Å². The molecule has 0 bridgehead atoms. The summed E-state index contributed by atoms with van der Waals surface area (Å²) in [4.78, 5) is 37.3. The van der Waals surface area contributed by atoms with Crippen LogP contribution in [0.15, 0.2) is 47.9 Å². The average Bonchev–Trinajstić information content (AvgIpc) is 3.57. The normalized spacial score (nSPS) is 25.1. The van der Waals surface area contributed by atoms with E-state index >= 15 is 0 Å². The summed E-state index contributed by atoms with van der Waals surface area (Å²) in [5.41, 5.74) is 0.712. The van der Waals surface area contributed by atoms with Crippen molar-refractivity contribution in [3.63, 3.8) is 0 Å². The molecule has 2 saturated heterocycles. The zero-order chi connectivity index (χ0) is 30.1. The number of imidazole rings is 1. The minimum atomic E-state index is -4.55. The molecule has 2 aliphatic heterocycles. The number of aromatic nitrogens is 4. The Morgan fingerprint density at radius 1 is 1.02 bits per heavy atom. The van der Waals surface area contributed by atoms with Gasteiger partial charge in [-0.2, -0.15) is 0 Å². The van der Waals surface area contributed by atoms with Crippen LogP contribution in [-0.4, -0.2) is 84.3 Å². The topological polar surface area (TPSA) is 210 Å². The van der Waals surface area contributed by atoms with Crippen LogP contribution in [0, 0.1) is 5.41 Å². The third kappa shape index (κ3) is 7.56. The lowest BCUT2D eigenvalue weighted by atomic mass is 10.1. The quantitative estimate of drug-likeness (QED) is 0.155. The summed E-state index contributed by atoms with van der Waals surface area (Å²) in [6, 6.07) is 8.76. The van der Waals surface area contributed by atoms with E-state index in [2.05, 4.69) is 14.5 Å². The molecule has 0 amide bonds. The lowest BCUT2D eigenvalue weighted by Gasteiger charge is -2.25. The van der Waals surface area contributed by atoms with Gasteiger partial charge < -0.3 is 38.2 Å². The molecule has 19 heteroatoms. The van der Waals surface area contributed by atoms with Crippen LogP contribution in [0.2, 0.25) is 0 Å². The van der Waals surface area contributed by atoms with Gasteiger partial charge in [-0.15, -0.1) is 0 Å². The Labute approximate surface area is 243 Å². The molecule has 4 N–H and O–H groups in total. The first kappa shape index (κ1) is 31.4. The van der Waals surface area contributed by atoms with E-state index in [9.17, 15) is 14.0 Å². The molecule has 230 valence electrons. The maximum atomic E-state index is 12.8. The number of fused-ring (bicyclic) bond motifs is 2. The molecule has 16 nitrogen and oxygen atoms in total. The van der Waals surface area contributed by atoms with Crippen LogP contribution in [0.4, 0.5) is 0 Å². The smallest absolute Gasteiger partial charge is 0.377 e. The van der Waals surface area contributed by atoms with Crippen LogP contribution in [0.5, 0.6) is 0 Å². The second kappa shape index (κ2) is 12.6. The van der Waals surface area contributed by atoms with Crippen molar-refractivity contribution in [2.75, 3.05) is 26.4 Å². The minimum Gasteiger partial charge on any atom is -0.377 e. The Balaban J connectivity index is 1.27. The van der Waals surface area contributed by atoms with Gasteiger partial charge in [0.25, 0.3) is 0 Å². The second-order valence-electron chi connectivity index (χ2n) is 9.85. The number of benzene rings is 1. The molecule has 2 aromatic heterocycles. The maximum absolute atomic E-state index is 12.8. The molecule has 3 aromatic rings. The van der Waals surface area contributed by atoms with Gasteiger partial charge in [-0.05, 0) is 37.4 Å². The lowest BCUT2D eigenvalue weighted by molar-refractivity contribution is -0.199. The molecule has 4 heterocycles. The van der Waals surface area contributed by atoms with Crippen LogP contribution in [0.3, 0.4) is 0 Å². The SMILES string of the molecule is CC1(C)O[C@@H]2[C@H](O1)[C@@H](COP(=O)(O)Sc1ccccc1)O[C@H]2n1cnc2c(=N)n(CCOCCOP(=O)(O)O)cnc21. The van der Waals surface area contributed by atoms with Gasteiger partial charge in [0.1, 0.15) is 23.8 Å². The third-order valence-corrected chi connectivity index (χ3v) is 9.68. The summed E-state index contributed by atoms with van der Waals surface area (Å²) >= 11 is 0.734. The van der Waals surface area contributed by atoms with Crippen LogP contribution in [0.1, 0.15) is 20.1 Å². The van der Waals surface area contributed by atoms with Crippen molar-refractivity contribution < 1.29 is 51.8 Å². The highest BCUT2D eigenvalue weighted by molar-refractivity contribution is 8.54. The van der Waals surface area contributed by atoms with Crippen molar-refractivity contribution in [3.05, 3.63) is 48.5 Å². The van der Waals surface area contributed by atoms with Gasteiger partial charge >= 0.3 is 14.6 Å². The zero-order valence-corrected chi connectivity index (χ0v) is 25.2. The van der Waals surface area contributed by atoms with E-state index in [0.29, 0.717) is 16.1 Å². The molecular formula is C23H31N5O11P2S. The lowest BCUT2D eigenvalue weighted by Crippen LogP contribution is -2.32. The van der Waals surface area contributed by atoms with E-state index < -0.39 is 44.9 Å². The number of rotatable bonds is 13. The predicted octanol–water partition coefficient (Wildman–Crippen LogP) is 2.16. The number of nitrogens with one attached hydrogen (secondary N) is 1. The van der Waals surface area contributed by atoms with E-state index in [0.717, 1.165) is 11.4 Å². The van der Waals surface area contributed by atoms with Crippen molar-refractivity contribution in [2.45, 2.75) is 55.6 Å². The minimum absolute atomic E-state index is 0.0368. The molecule has 42 heavy (non-hydrogen) atoms. The van der Waals surface area contributed by atoms with Gasteiger partial charge in [0.15, 0.2) is 23.1 Å².